The third kappa shape index (κ3) is 2.66. The van der Waals surface area contributed by atoms with Gasteiger partial charge in [0.25, 0.3) is 5.91 Å². The maximum atomic E-state index is 12.1. The lowest BCUT2D eigenvalue weighted by Crippen LogP contribution is -2.45. The van der Waals surface area contributed by atoms with Gasteiger partial charge in [-0.1, -0.05) is 36.0 Å². The smallest absolute Gasteiger partial charge is 0.268 e. The third-order valence-corrected chi connectivity index (χ3v) is 4.24. The van der Waals surface area contributed by atoms with Crippen LogP contribution in [0.3, 0.4) is 0 Å². The van der Waals surface area contributed by atoms with E-state index in [-0.39, 0.29) is 11.9 Å². The highest BCUT2D eigenvalue weighted by Crippen LogP contribution is 2.25. The lowest BCUT2D eigenvalue weighted by Gasteiger charge is -2.28. The fourth-order valence-electron chi connectivity index (χ4n) is 2.28. The lowest BCUT2D eigenvalue weighted by atomic mass is 9.92. The molecule has 1 heterocycles. The van der Waals surface area contributed by atoms with Gasteiger partial charge in [-0.25, -0.2) is 0 Å². The molecule has 0 saturated heterocycles. The van der Waals surface area contributed by atoms with E-state index in [0.29, 0.717) is 15.9 Å². The largest absolute Gasteiger partial charge is 0.391 e. The summed E-state index contributed by atoms with van der Waals surface area (Å²) in [6.45, 7) is 0. The van der Waals surface area contributed by atoms with E-state index >= 15 is 0 Å². The number of rotatable bonds is 2. The average Bonchev–Trinajstić information content (AvgIpc) is 2.60. The number of hydrogen-bond acceptors (Lipinski definition) is 2. The second-order valence-electron chi connectivity index (χ2n) is 4.66. The summed E-state index contributed by atoms with van der Waals surface area (Å²) in [4.78, 5) is 12.1. The standard InChI is InChI=1S/C12H16Cl2N2O2/c1-16-9(6-7(13)11(16)14)12(18)15-8-4-2-3-5-10(8)17/h6,8,10,17H,2-5H2,1H3,(H,15,18)/t8-,10-/m1/s1. The van der Waals surface area contributed by atoms with Crippen LogP contribution in [0.15, 0.2) is 6.07 Å². The molecule has 2 N–H and O–H groups in total. The molecule has 1 amide bonds. The zero-order valence-corrected chi connectivity index (χ0v) is 11.6. The fraction of sp³-hybridized carbons (Fsp3) is 0.583. The van der Waals surface area contributed by atoms with E-state index in [1.165, 1.54) is 10.6 Å². The van der Waals surface area contributed by atoms with Crippen LogP contribution >= 0.6 is 23.2 Å². The van der Waals surface area contributed by atoms with E-state index in [4.69, 9.17) is 23.2 Å². The molecule has 0 bridgehead atoms. The second kappa shape index (κ2) is 5.51. The van der Waals surface area contributed by atoms with Crippen molar-refractivity contribution in [3.8, 4) is 0 Å². The molecule has 6 heteroatoms. The van der Waals surface area contributed by atoms with Crippen molar-refractivity contribution in [2.75, 3.05) is 0 Å². The minimum Gasteiger partial charge on any atom is -0.391 e. The molecule has 1 aromatic heterocycles. The SMILES string of the molecule is Cn1c(C(=O)N[C@@H]2CCCC[C@H]2O)cc(Cl)c1Cl. The lowest BCUT2D eigenvalue weighted by molar-refractivity contribution is 0.0711. The Hall–Kier alpha value is -0.710. The molecule has 1 fully saturated rings. The summed E-state index contributed by atoms with van der Waals surface area (Å²) >= 11 is 11.8. The number of carbonyl (C=O) groups is 1. The van der Waals surface area contributed by atoms with Crippen molar-refractivity contribution in [1.29, 1.82) is 0 Å². The number of aliphatic hydroxyl groups excluding tert-OH is 1. The molecule has 18 heavy (non-hydrogen) atoms. The predicted molar refractivity (Wildman–Crippen MR) is 71.2 cm³/mol. The van der Waals surface area contributed by atoms with Gasteiger partial charge < -0.3 is 15.0 Å². The molecule has 0 radical (unpaired) electrons. The maximum Gasteiger partial charge on any atom is 0.268 e. The van der Waals surface area contributed by atoms with Crippen LogP contribution < -0.4 is 5.32 Å². The zero-order valence-electron chi connectivity index (χ0n) is 10.1. The summed E-state index contributed by atoms with van der Waals surface area (Å²) in [5.41, 5.74) is 0.405. The number of halogens is 2. The van der Waals surface area contributed by atoms with Crippen LogP contribution in [-0.2, 0) is 7.05 Å². The second-order valence-corrected chi connectivity index (χ2v) is 5.42. The fourth-order valence-corrected chi connectivity index (χ4v) is 2.66. The summed E-state index contributed by atoms with van der Waals surface area (Å²) in [5, 5.41) is 13.4. The van der Waals surface area contributed by atoms with Crippen molar-refractivity contribution in [2.45, 2.75) is 37.8 Å². The van der Waals surface area contributed by atoms with Gasteiger partial charge >= 0.3 is 0 Å². The van der Waals surface area contributed by atoms with Crippen LogP contribution in [0, 0.1) is 0 Å². The first-order valence-corrected chi connectivity index (χ1v) is 6.76. The monoisotopic (exact) mass is 290 g/mol. The van der Waals surface area contributed by atoms with Gasteiger partial charge in [0.15, 0.2) is 0 Å². The molecule has 1 saturated carbocycles. The predicted octanol–water partition coefficient (Wildman–Crippen LogP) is 2.37. The summed E-state index contributed by atoms with van der Waals surface area (Å²) in [6, 6.07) is 1.35. The van der Waals surface area contributed by atoms with Crippen LogP contribution in [0.4, 0.5) is 0 Å². The molecule has 2 rings (SSSR count). The minimum atomic E-state index is -0.464. The molecule has 4 nitrogen and oxygen atoms in total. The van der Waals surface area contributed by atoms with Crippen LogP contribution in [0.25, 0.3) is 0 Å². The van der Waals surface area contributed by atoms with Crippen LogP contribution in [0.2, 0.25) is 10.2 Å². The van der Waals surface area contributed by atoms with Crippen molar-refractivity contribution >= 4 is 29.1 Å². The van der Waals surface area contributed by atoms with Gasteiger partial charge in [0.2, 0.25) is 0 Å². The topological polar surface area (TPSA) is 54.3 Å². The van der Waals surface area contributed by atoms with Crippen molar-refractivity contribution in [3.63, 3.8) is 0 Å². The normalized spacial score (nSPS) is 24.0. The Morgan fingerprint density at radius 1 is 1.44 bits per heavy atom. The van der Waals surface area contributed by atoms with Gasteiger partial charge in [-0.05, 0) is 18.9 Å². The molecule has 0 aromatic carbocycles. The van der Waals surface area contributed by atoms with Crippen molar-refractivity contribution in [1.82, 2.24) is 9.88 Å². The summed E-state index contributed by atoms with van der Waals surface area (Å²) in [6.07, 6.45) is 3.11. The molecule has 1 aliphatic rings. The number of aliphatic hydroxyl groups is 1. The van der Waals surface area contributed by atoms with Crippen molar-refractivity contribution in [2.24, 2.45) is 7.05 Å². The van der Waals surface area contributed by atoms with Crippen molar-refractivity contribution in [3.05, 3.63) is 21.9 Å². The molecule has 0 aliphatic heterocycles. The quantitative estimate of drug-likeness (QED) is 0.879. The minimum absolute atomic E-state index is 0.182. The number of carbonyl (C=O) groups excluding carboxylic acids is 1. The highest BCUT2D eigenvalue weighted by atomic mass is 35.5. The van der Waals surface area contributed by atoms with E-state index in [1.807, 2.05) is 0 Å². The first-order chi connectivity index (χ1) is 8.50. The number of amides is 1. The van der Waals surface area contributed by atoms with Gasteiger partial charge in [-0.3, -0.25) is 4.79 Å². The average molecular weight is 291 g/mol. The number of aromatic nitrogens is 1. The highest BCUT2D eigenvalue weighted by molar-refractivity contribution is 6.41. The maximum absolute atomic E-state index is 12.1. The van der Waals surface area contributed by atoms with Gasteiger partial charge in [0, 0.05) is 7.05 Å². The molecule has 1 aromatic rings. The number of hydrogen-bond donors (Lipinski definition) is 2. The van der Waals surface area contributed by atoms with Gasteiger partial charge in [-0.15, -0.1) is 0 Å². The van der Waals surface area contributed by atoms with Crippen LogP contribution in [0.1, 0.15) is 36.2 Å². The Morgan fingerprint density at radius 2 is 2.11 bits per heavy atom. The molecular formula is C12H16Cl2N2O2. The number of nitrogens with one attached hydrogen (secondary N) is 1. The van der Waals surface area contributed by atoms with Crippen molar-refractivity contribution < 1.29 is 9.90 Å². The highest BCUT2D eigenvalue weighted by Gasteiger charge is 2.26. The summed E-state index contributed by atoms with van der Waals surface area (Å²) < 4.78 is 1.54. The molecule has 100 valence electrons. The Kier molecular flexibility index (Phi) is 4.20. The Labute approximate surface area is 116 Å². The molecule has 0 unspecified atom stereocenters. The van der Waals surface area contributed by atoms with Crippen LogP contribution in [0.5, 0.6) is 0 Å². The Balaban J connectivity index is 2.09. The molecule has 1 aliphatic carbocycles. The number of nitrogens with zero attached hydrogens (tertiary/aromatic N) is 1. The molecular weight excluding hydrogens is 275 g/mol. The van der Waals surface area contributed by atoms with Crippen LogP contribution in [-0.4, -0.2) is 27.7 Å². The summed E-state index contributed by atoms with van der Waals surface area (Å²) in [5.74, 6) is -0.253. The summed E-state index contributed by atoms with van der Waals surface area (Å²) in [7, 11) is 1.68. The zero-order chi connectivity index (χ0) is 13.3. The Bertz CT molecular complexity index is 459. The third-order valence-electron chi connectivity index (χ3n) is 3.39. The van der Waals surface area contributed by atoms with Gasteiger partial charge in [0.05, 0.1) is 17.2 Å². The van der Waals surface area contributed by atoms with E-state index in [9.17, 15) is 9.90 Å². The first-order valence-electron chi connectivity index (χ1n) is 6.00. The van der Waals surface area contributed by atoms with E-state index < -0.39 is 6.10 Å². The van der Waals surface area contributed by atoms with E-state index in [1.54, 1.807) is 7.05 Å². The molecule has 0 spiro atoms. The van der Waals surface area contributed by atoms with Gasteiger partial charge in [-0.2, -0.15) is 0 Å². The first kappa shape index (κ1) is 13.7. The van der Waals surface area contributed by atoms with Gasteiger partial charge in [0.1, 0.15) is 10.8 Å². The van der Waals surface area contributed by atoms with E-state index in [2.05, 4.69) is 5.32 Å². The Morgan fingerprint density at radius 3 is 2.67 bits per heavy atom. The molecule has 2 atom stereocenters. The van der Waals surface area contributed by atoms with E-state index in [0.717, 1.165) is 25.7 Å².